The normalized spacial score (nSPS) is 10.3. The van der Waals surface area contributed by atoms with Crippen molar-refractivity contribution in [3.63, 3.8) is 0 Å². The van der Waals surface area contributed by atoms with Crippen molar-refractivity contribution >= 4 is 5.97 Å². The fraction of sp³-hybridized carbons (Fsp3) is 0.167. The van der Waals surface area contributed by atoms with Crippen LogP contribution in [0.4, 0.5) is 0 Å². The highest BCUT2D eigenvalue weighted by Gasteiger charge is 2.06. The quantitative estimate of drug-likeness (QED) is 0.827. The second kappa shape index (κ2) is 4.18. The summed E-state index contributed by atoms with van der Waals surface area (Å²) in [6, 6.07) is 6.79. The van der Waals surface area contributed by atoms with E-state index in [4.69, 9.17) is 5.11 Å². The maximum Gasteiger partial charge on any atom is 0.335 e. The SMILES string of the molecule is CCc1ncc(-c2cccc(C(=O)O)c2)[nH]1. The molecule has 1 heterocycles. The first-order valence-electron chi connectivity index (χ1n) is 5.08. The number of H-pyrrole nitrogens is 1. The number of carboxylic acid groups (broad SMARTS) is 1. The van der Waals surface area contributed by atoms with Crippen molar-refractivity contribution in [3.05, 3.63) is 41.9 Å². The van der Waals surface area contributed by atoms with E-state index in [1.165, 1.54) is 0 Å². The minimum Gasteiger partial charge on any atom is -0.478 e. The molecule has 0 amide bonds. The molecule has 82 valence electrons. The molecular formula is C12H12N2O2. The van der Waals surface area contributed by atoms with Crippen molar-refractivity contribution in [2.75, 3.05) is 0 Å². The molecule has 0 saturated carbocycles. The molecule has 0 fully saturated rings. The molecule has 0 bridgehead atoms. The van der Waals surface area contributed by atoms with Gasteiger partial charge in [0.2, 0.25) is 0 Å². The van der Waals surface area contributed by atoms with Crippen molar-refractivity contribution < 1.29 is 9.90 Å². The lowest BCUT2D eigenvalue weighted by Gasteiger charge is -1.99. The number of rotatable bonds is 3. The molecule has 0 radical (unpaired) electrons. The van der Waals surface area contributed by atoms with Crippen molar-refractivity contribution in [1.82, 2.24) is 9.97 Å². The summed E-state index contributed by atoms with van der Waals surface area (Å²) in [6.07, 6.45) is 2.55. The van der Waals surface area contributed by atoms with Crippen molar-refractivity contribution in [2.24, 2.45) is 0 Å². The number of hydrogen-bond acceptors (Lipinski definition) is 2. The number of carboxylic acids is 1. The van der Waals surface area contributed by atoms with Crippen LogP contribution in [0.5, 0.6) is 0 Å². The Morgan fingerprint density at radius 2 is 2.31 bits per heavy atom. The van der Waals surface area contributed by atoms with Crippen molar-refractivity contribution in [2.45, 2.75) is 13.3 Å². The summed E-state index contributed by atoms with van der Waals surface area (Å²) in [5, 5.41) is 8.88. The van der Waals surface area contributed by atoms with Crippen LogP contribution in [-0.4, -0.2) is 21.0 Å². The molecule has 16 heavy (non-hydrogen) atoms. The van der Waals surface area contributed by atoms with Gasteiger partial charge >= 0.3 is 5.97 Å². The van der Waals surface area contributed by atoms with Crippen LogP contribution in [0.3, 0.4) is 0 Å². The summed E-state index contributed by atoms with van der Waals surface area (Å²) < 4.78 is 0. The van der Waals surface area contributed by atoms with Gasteiger partial charge in [0, 0.05) is 12.0 Å². The fourth-order valence-corrected chi connectivity index (χ4v) is 1.51. The molecule has 0 aliphatic rings. The van der Waals surface area contributed by atoms with E-state index in [0.29, 0.717) is 0 Å². The van der Waals surface area contributed by atoms with E-state index < -0.39 is 5.97 Å². The Hall–Kier alpha value is -2.10. The molecule has 2 aromatic rings. The van der Waals surface area contributed by atoms with Gasteiger partial charge in [-0.1, -0.05) is 19.1 Å². The molecule has 0 atom stereocenters. The van der Waals surface area contributed by atoms with E-state index in [9.17, 15) is 4.79 Å². The van der Waals surface area contributed by atoms with Crippen LogP contribution in [0, 0.1) is 0 Å². The van der Waals surface area contributed by atoms with Crippen molar-refractivity contribution in [3.8, 4) is 11.3 Å². The average Bonchev–Trinajstić information content (AvgIpc) is 2.77. The lowest BCUT2D eigenvalue weighted by Crippen LogP contribution is -1.95. The average molecular weight is 216 g/mol. The van der Waals surface area contributed by atoms with Gasteiger partial charge in [0.05, 0.1) is 17.5 Å². The van der Waals surface area contributed by atoms with E-state index in [1.54, 1.807) is 24.4 Å². The second-order valence-electron chi connectivity index (χ2n) is 3.48. The summed E-state index contributed by atoms with van der Waals surface area (Å²) in [6.45, 7) is 2.01. The Morgan fingerprint density at radius 1 is 1.50 bits per heavy atom. The van der Waals surface area contributed by atoms with Crippen LogP contribution < -0.4 is 0 Å². The molecule has 0 spiro atoms. The molecule has 0 saturated heterocycles. The van der Waals surface area contributed by atoms with Gasteiger partial charge in [-0.25, -0.2) is 9.78 Å². The maximum absolute atomic E-state index is 10.8. The monoisotopic (exact) mass is 216 g/mol. The lowest BCUT2D eigenvalue weighted by atomic mass is 10.1. The van der Waals surface area contributed by atoms with Crippen LogP contribution in [0.2, 0.25) is 0 Å². The molecule has 0 unspecified atom stereocenters. The number of aryl methyl sites for hydroxylation is 1. The molecule has 1 aromatic heterocycles. The first-order valence-corrected chi connectivity index (χ1v) is 5.08. The Labute approximate surface area is 93.0 Å². The highest BCUT2D eigenvalue weighted by molar-refractivity contribution is 5.89. The number of imidazole rings is 1. The van der Waals surface area contributed by atoms with E-state index >= 15 is 0 Å². The molecular weight excluding hydrogens is 204 g/mol. The number of benzene rings is 1. The van der Waals surface area contributed by atoms with Gasteiger partial charge in [-0.2, -0.15) is 0 Å². The minimum atomic E-state index is -0.919. The summed E-state index contributed by atoms with van der Waals surface area (Å²) in [7, 11) is 0. The van der Waals surface area contributed by atoms with Crippen LogP contribution in [0.1, 0.15) is 23.1 Å². The molecule has 2 rings (SSSR count). The highest BCUT2D eigenvalue weighted by atomic mass is 16.4. The van der Waals surface area contributed by atoms with E-state index in [0.717, 1.165) is 23.5 Å². The van der Waals surface area contributed by atoms with E-state index in [-0.39, 0.29) is 5.56 Å². The zero-order chi connectivity index (χ0) is 11.5. The Kier molecular flexibility index (Phi) is 2.72. The largest absolute Gasteiger partial charge is 0.478 e. The van der Waals surface area contributed by atoms with E-state index in [1.807, 2.05) is 13.0 Å². The van der Waals surface area contributed by atoms with Gasteiger partial charge in [-0.15, -0.1) is 0 Å². The molecule has 0 aliphatic heterocycles. The van der Waals surface area contributed by atoms with Crippen LogP contribution in [0.25, 0.3) is 11.3 Å². The lowest BCUT2D eigenvalue weighted by molar-refractivity contribution is 0.0697. The number of carbonyl (C=O) groups is 1. The second-order valence-corrected chi connectivity index (χ2v) is 3.48. The summed E-state index contributed by atoms with van der Waals surface area (Å²) in [4.78, 5) is 18.1. The topological polar surface area (TPSA) is 66.0 Å². The fourth-order valence-electron chi connectivity index (χ4n) is 1.51. The predicted molar refractivity (Wildman–Crippen MR) is 60.4 cm³/mol. The molecule has 0 aliphatic carbocycles. The van der Waals surface area contributed by atoms with Crippen LogP contribution >= 0.6 is 0 Å². The van der Waals surface area contributed by atoms with Crippen molar-refractivity contribution in [1.29, 1.82) is 0 Å². The number of aromatic carboxylic acids is 1. The first kappa shape index (κ1) is 10.4. The molecule has 4 heteroatoms. The minimum absolute atomic E-state index is 0.283. The van der Waals surface area contributed by atoms with Crippen LogP contribution in [-0.2, 0) is 6.42 Å². The zero-order valence-electron chi connectivity index (χ0n) is 8.90. The third kappa shape index (κ3) is 1.95. The van der Waals surface area contributed by atoms with Gasteiger partial charge in [-0.05, 0) is 12.1 Å². The third-order valence-corrected chi connectivity index (χ3v) is 2.38. The first-order chi connectivity index (χ1) is 7.70. The van der Waals surface area contributed by atoms with Gasteiger partial charge in [-0.3, -0.25) is 0 Å². The highest BCUT2D eigenvalue weighted by Crippen LogP contribution is 2.18. The maximum atomic E-state index is 10.8. The summed E-state index contributed by atoms with van der Waals surface area (Å²) in [5.41, 5.74) is 1.97. The number of aromatic nitrogens is 2. The smallest absolute Gasteiger partial charge is 0.335 e. The number of nitrogens with one attached hydrogen (secondary N) is 1. The molecule has 2 N–H and O–H groups in total. The Balaban J connectivity index is 2.40. The van der Waals surface area contributed by atoms with Gasteiger partial charge < -0.3 is 10.1 Å². The number of hydrogen-bond donors (Lipinski definition) is 2. The summed E-state index contributed by atoms with van der Waals surface area (Å²) >= 11 is 0. The molecule has 4 nitrogen and oxygen atoms in total. The number of aromatic amines is 1. The van der Waals surface area contributed by atoms with E-state index in [2.05, 4.69) is 9.97 Å². The standard InChI is InChI=1S/C12H12N2O2/c1-2-11-13-7-10(14-11)8-4-3-5-9(6-8)12(15)16/h3-7H,2H2,1H3,(H,13,14)(H,15,16). The Morgan fingerprint density at radius 3 is 2.94 bits per heavy atom. The van der Waals surface area contributed by atoms with Gasteiger partial charge in [0.25, 0.3) is 0 Å². The number of nitrogens with zero attached hydrogens (tertiary/aromatic N) is 1. The summed E-state index contributed by atoms with van der Waals surface area (Å²) in [5.74, 6) is -0.0205. The van der Waals surface area contributed by atoms with Crippen LogP contribution in [0.15, 0.2) is 30.5 Å². The molecule has 1 aromatic carbocycles. The Bertz CT molecular complexity index is 517. The van der Waals surface area contributed by atoms with Gasteiger partial charge in [0.15, 0.2) is 0 Å². The van der Waals surface area contributed by atoms with Gasteiger partial charge in [0.1, 0.15) is 5.82 Å². The zero-order valence-corrected chi connectivity index (χ0v) is 8.90. The predicted octanol–water partition coefficient (Wildman–Crippen LogP) is 2.34. The third-order valence-electron chi connectivity index (χ3n) is 2.38.